The van der Waals surface area contributed by atoms with Crippen LogP contribution in [0.15, 0.2) is 48.5 Å². The van der Waals surface area contributed by atoms with Gasteiger partial charge in [0.15, 0.2) is 0 Å². The van der Waals surface area contributed by atoms with Gasteiger partial charge in [-0.3, -0.25) is 10.1 Å². The highest BCUT2D eigenvalue weighted by Crippen LogP contribution is 2.16. The maximum atomic E-state index is 12.1. The van der Waals surface area contributed by atoms with E-state index >= 15 is 0 Å². The topological polar surface area (TPSA) is 117 Å². The summed E-state index contributed by atoms with van der Waals surface area (Å²) in [5.41, 5.74) is 6.10. The lowest BCUT2D eigenvalue weighted by atomic mass is 10.0. The Kier molecular flexibility index (Phi) is 5.65. The number of aromatic nitrogens is 1. The van der Waals surface area contributed by atoms with Gasteiger partial charge >= 0.3 is 6.03 Å². The number of aliphatic hydroxyl groups excluding tert-OH is 1. The number of urea groups is 1. The number of amides is 3. The van der Waals surface area contributed by atoms with Crippen molar-refractivity contribution in [1.82, 2.24) is 10.3 Å². The van der Waals surface area contributed by atoms with Crippen LogP contribution in [0.1, 0.15) is 28.5 Å². The number of carbonyl (C=O) groups excluding carboxylic acids is 2. The van der Waals surface area contributed by atoms with E-state index < -0.39 is 11.9 Å². The molecule has 0 aliphatic rings. The molecule has 7 nitrogen and oxygen atoms in total. The predicted octanol–water partition coefficient (Wildman–Crippen LogP) is 1.43. The summed E-state index contributed by atoms with van der Waals surface area (Å²) >= 11 is 0. The molecule has 1 aromatic carbocycles. The zero-order valence-electron chi connectivity index (χ0n) is 12.4. The SMILES string of the molecule is NC(=O)c1cccc(NC(=O)N[C@H](CCO)c2ccccc2)n1. The molecule has 1 heterocycles. The van der Waals surface area contributed by atoms with Crippen molar-refractivity contribution in [3.05, 3.63) is 59.8 Å². The maximum Gasteiger partial charge on any atom is 0.320 e. The molecule has 5 N–H and O–H groups in total. The molecular weight excluding hydrogens is 296 g/mol. The summed E-state index contributed by atoms with van der Waals surface area (Å²) in [6, 6.07) is 13.1. The van der Waals surface area contributed by atoms with Crippen molar-refractivity contribution in [3.8, 4) is 0 Å². The molecule has 0 bridgehead atoms. The van der Waals surface area contributed by atoms with Crippen molar-refractivity contribution in [3.63, 3.8) is 0 Å². The van der Waals surface area contributed by atoms with E-state index in [1.54, 1.807) is 12.1 Å². The number of hydrogen-bond acceptors (Lipinski definition) is 4. The molecule has 2 aromatic rings. The number of nitrogens with zero attached hydrogens (tertiary/aromatic N) is 1. The van der Waals surface area contributed by atoms with Crippen molar-refractivity contribution in [2.75, 3.05) is 11.9 Å². The lowest BCUT2D eigenvalue weighted by Crippen LogP contribution is -2.33. The van der Waals surface area contributed by atoms with E-state index in [0.29, 0.717) is 6.42 Å². The molecule has 1 atom stereocenters. The second-order valence-corrected chi connectivity index (χ2v) is 4.85. The van der Waals surface area contributed by atoms with E-state index in [-0.39, 0.29) is 24.2 Å². The minimum absolute atomic E-state index is 0.0603. The molecule has 0 saturated heterocycles. The summed E-state index contributed by atoms with van der Waals surface area (Å²) in [4.78, 5) is 27.1. The molecule has 0 aliphatic heterocycles. The van der Waals surface area contributed by atoms with Crippen LogP contribution in [-0.4, -0.2) is 28.6 Å². The summed E-state index contributed by atoms with van der Waals surface area (Å²) in [7, 11) is 0. The molecule has 0 fully saturated rings. The van der Waals surface area contributed by atoms with Crippen LogP contribution < -0.4 is 16.4 Å². The Balaban J connectivity index is 2.05. The first-order chi connectivity index (χ1) is 11.1. The highest BCUT2D eigenvalue weighted by molar-refractivity contribution is 5.92. The Labute approximate surface area is 133 Å². The number of carbonyl (C=O) groups is 2. The molecule has 0 aliphatic carbocycles. The van der Waals surface area contributed by atoms with Gasteiger partial charge in [-0.05, 0) is 24.1 Å². The summed E-state index contributed by atoms with van der Waals surface area (Å²) in [5, 5.41) is 14.5. The summed E-state index contributed by atoms with van der Waals surface area (Å²) in [6.45, 7) is -0.0603. The Morgan fingerprint density at radius 2 is 1.87 bits per heavy atom. The summed E-state index contributed by atoms with van der Waals surface area (Å²) < 4.78 is 0. The Hall–Kier alpha value is -2.93. The largest absolute Gasteiger partial charge is 0.396 e. The number of aliphatic hydroxyl groups is 1. The van der Waals surface area contributed by atoms with Crippen LogP contribution in [0.5, 0.6) is 0 Å². The van der Waals surface area contributed by atoms with Crippen LogP contribution in [0.25, 0.3) is 0 Å². The molecular formula is C16H18N4O3. The Morgan fingerprint density at radius 1 is 1.13 bits per heavy atom. The lowest BCUT2D eigenvalue weighted by Gasteiger charge is -2.18. The average molecular weight is 314 g/mol. The smallest absolute Gasteiger partial charge is 0.320 e. The standard InChI is InChI=1S/C16H18N4O3/c17-15(22)13-7-4-8-14(18-13)20-16(23)19-12(9-10-21)11-5-2-1-3-6-11/h1-8,12,21H,9-10H2,(H2,17,22)(H2,18,19,20,23)/t12-/m1/s1. The van der Waals surface area contributed by atoms with Gasteiger partial charge in [-0.1, -0.05) is 36.4 Å². The number of anilines is 1. The van der Waals surface area contributed by atoms with Crippen molar-refractivity contribution < 1.29 is 14.7 Å². The van der Waals surface area contributed by atoms with Crippen LogP contribution in [-0.2, 0) is 0 Å². The predicted molar refractivity (Wildman–Crippen MR) is 85.8 cm³/mol. The molecule has 2 rings (SSSR count). The van der Waals surface area contributed by atoms with E-state index in [9.17, 15) is 9.59 Å². The fourth-order valence-electron chi connectivity index (χ4n) is 2.09. The summed E-state index contributed by atoms with van der Waals surface area (Å²) in [5.74, 6) is -0.453. The van der Waals surface area contributed by atoms with Crippen LogP contribution in [0.2, 0.25) is 0 Å². The van der Waals surface area contributed by atoms with Gasteiger partial charge < -0.3 is 16.2 Å². The first kappa shape index (κ1) is 16.4. The van der Waals surface area contributed by atoms with E-state index in [2.05, 4.69) is 15.6 Å². The van der Waals surface area contributed by atoms with E-state index in [4.69, 9.17) is 10.8 Å². The Bertz CT molecular complexity index is 676. The first-order valence-corrected chi connectivity index (χ1v) is 7.10. The number of pyridine rings is 1. The molecule has 0 unspecified atom stereocenters. The summed E-state index contributed by atoms with van der Waals surface area (Å²) in [6.07, 6.45) is 0.381. The number of primary amides is 1. The molecule has 0 saturated carbocycles. The highest BCUT2D eigenvalue weighted by atomic mass is 16.3. The average Bonchev–Trinajstić information content (AvgIpc) is 2.55. The minimum Gasteiger partial charge on any atom is -0.396 e. The second-order valence-electron chi connectivity index (χ2n) is 4.85. The molecule has 7 heteroatoms. The van der Waals surface area contributed by atoms with Gasteiger partial charge in [0.05, 0.1) is 6.04 Å². The fraction of sp³-hybridized carbons (Fsp3) is 0.188. The van der Waals surface area contributed by atoms with Crippen molar-refractivity contribution >= 4 is 17.8 Å². The van der Waals surface area contributed by atoms with E-state index in [0.717, 1.165) is 5.56 Å². The molecule has 1 aromatic heterocycles. The third-order valence-corrected chi connectivity index (χ3v) is 3.17. The van der Waals surface area contributed by atoms with Gasteiger partial charge in [0.1, 0.15) is 11.5 Å². The number of nitrogens with two attached hydrogens (primary N) is 1. The van der Waals surface area contributed by atoms with Crippen molar-refractivity contribution in [1.29, 1.82) is 0 Å². The van der Waals surface area contributed by atoms with E-state index in [1.165, 1.54) is 6.07 Å². The second kappa shape index (κ2) is 7.90. The van der Waals surface area contributed by atoms with Gasteiger partial charge in [0.25, 0.3) is 5.91 Å². The van der Waals surface area contributed by atoms with Crippen LogP contribution in [0, 0.1) is 0 Å². The van der Waals surface area contributed by atoms with Gasteiger partial charge in [0.2, 0.25) is 0 Å². The number of benzene rings is 1. The molecule has 3 amide bonds. The lowest BCUT2D eigenvalue weighted by molar-refractivity contribution is 0.0995. The van der Waals surface area contributed by atoms with Crippen molar-refractivity contribution in [2.45, 2.75) is 12.5 Å². The van der Waals surface area contributed by atoms with Gasteiger partial charge in [-0.15, -0.1) is 0 Å². The Morgan fingerprint density at radius 3 is 2.52 bits per heavy atom. The molecule has 0 radical (unpaired) electrons. The third-order valence-electron chi connectivity index (χ3n) is 3.17. The van der Waals surface area contributed by atoms with Crippen LogP contribution in [0.4, 0.5) is 10.6 Å². The van der Waals surface area contributed by atoms with Gasteiger partial charge in [-0.25, -0.2) is 9.78 Å². The molecule has 23 heavy (non-hydrogen) atoms. The first-order valence-electron chi connectivity index (χ1n) is 7.10. The number of hydrogen-bond donors (Lipinski definition) is 4. The van der Waals surface area contributed by atoms with Crippen molar-refractivity contribution in [2.24, 2.45) is 5.73 Å². The van der Waals surface area contributed by atoms with Crippen LogP contribution in [0.3, 0.4) is 0 Å². The maximum absolute atomic E-state index is 12.1. The monoisotopic (exact) mass is 314 g/mol. The van der Waals surface area contributed by atoms with Gasteiger partial charge in [-0.2, -0.15) is 0 Å². The zero-order valence-corrected chi connectivity index (χ0v) is 12.4. The molecule has 0 spiro atoms. The van der Waals surface area contributed by atoms with Crippen LogP contribution >= 0.6 is 0 Å². The zero-order chi connectivity index (χ0) is 16.7. The highest BCUT2D eigenvalue weighted by Gasteiger charge is 2.14. The number of rotatable bonds is 6. The van der Waals surface area contributed by atoms with E-state index in [1.807, 2.05) is 30.3 Å². The van der Waals surface area contributed by atoms with Gasteiger partial charge in [0, 0.05) is 6.61 Å². The quantitative estimate of drug-likeness (QED) is 0.645. The number of nitrogens with one attached hydrogen (secondary N) is 2. The third kappa shape index (κ3) is 4.79. The fourth-order valence-corrected chi connectivity index (χ4v) is 2.09. The molecule has 120 valence electrons. The minimum atomic E-state index is -0.670. The normalized spacial score (nSPS) is 11.5.